The highest BCUT2D eigenvalue weighted by Crippen LogP contribution is 2.25. The maximum absolute atomic E-state index is 7.24. The van der Waals surface area contributed by atoms with Gasteiger partial charge in [-0.25, -0.2) is 4.68 Å². The molecule has 6 nitrogen and oxygen atoms in total. The molecule has 4 aromatic rings. The monoisotopic (exact) mass is 320 g/mol. The molecule has 0 spiro atoms. The summed E-state index contributed by atoms with van der Waals surface area (Å²) in [5.74, 6) is 0.559. The molecule has 4 rings (SSSR count). The Kier molecular flexibility index (Phi) is 3.07. The molecule has 0 amide bonds. The second kappa shape index (κ2) is 5.23. The van der Waals surface area contributed by atoms with Crippen molar-refractivity contribution in [2.24, 2.45) is 0 Å². The molecule has 0 unspecified atom stereocenters. The highest BCUT2D eigenvalue weighted by Gasteiger charge is 2.11. The Morgan fingerprint density at radius 1 is 1.09 bits per heavy atom. The number of hydrogen-bond acceptors (Lipinski definition) is 3. The van der Waals surface area contributed by atoms with E-state index in [1.807, 2.05) is 35.0 Å². The van der Waals surface area contributed by atoms with Crippen molar-refractivity contribution in [2.75, 3.05) is 0 Å². The largest absolute Gasteiger partial charge is 0.364 e. The lowest BCUT2D eigenvalue weighted by Crippen LogP contribution is -1.99. The zero-order valence-electron chi connectivity index (χ0n) is 11.8. The first-order valence-corrected chi connectivity index (χ1v) is 7.15. The lowest BCUT2D eigenvalue weighted by Gasteiger charge is -2.05. The Hall–Kier alpha value is -3.17. The van der Waals surface area contributed by atoms with Crippen molar-refractivity contribution >= 4 is 28.3 Å². The van der Waals surface area contributed by atoms with Gasteiger partial charge in [0.05, 0.1) is 29.8 Å². The lowest BCUT2D eigenvalue weighted by atomic mass is 10.2. The fourth-order valence-electron chi connectivity index (χ4n) is 2.49. The Bertz CT molecular complexity index is 1060. The van der Waals surface area contributed by atoms with Crippen LogP contribution in [0.2, 0.25) is 5.15 Å². The third-order valence-corrected chi connectivity index (χ3v) is 3.71. The van der Waals surface area contributed by atoms with E-state index in [0.29, 0.717) is 11.0 Å². The van der Waals surface area contributed by atoms with Gasteiger partial charge in [0.15, 0.2) is 5.15 Å². The van der Waals surface area contributed by atoms with Crippen LogP contribution in [0.25, 0.3) is 27.1 Å². The molecule has 0 bridgehead atoms. The van der Waals surface area contributed by atoms with Crippen LogP contribution in [0.1, 0.15) is 0 Å². The quantitative estimate of drug-likeness (QED) is 0.528. The summed E-state index contributed by atoms with van der Waals surface area (Å²) in [5.41, 5.74) is 2.52. The van der Waals surface area contributed by atoms with Crippen molar-refractivity contribution < 1.29 is 0 Å². The second-order valence-electron chi connectivity index (χ2n) is 4.88. The number of halogens is 1. The Morgan fingerprint density at radius 2 is 2.00 bits per heavy atom. The van der Waals surface area contributed by atoms with Gasteiger partial charge in [0.25, 0.3) is 0 Å². The third-order valence-electron chi connectivity index (χ3n) is 3.53. The average Bonchev–Trinajstić information content (AvgIpc) is 3.20. The van der Waals surface area contributed by atoms with E-state index in [4.69, 9.17) is 18.2 Å². The molecular weight excluding hydrogens is 312 g/mol. The standard InChI is InChI=1S/C16H9ClN6/c1-18-16-3-2-6-22(16)12-5-4-11-9-20-23(14(11)7-12)13-8-15(17)21-19-10-13/h2-10H. The van der Waals surface area contributed by atoms with E-state index in [0.717, 1.165) is 22.3 Å². The van der Waals surface area contributed by atoms with Gasteiger partial charge in [0.2, 0.25) is 5.82 Å². The number of benzene rings is 1. The van der Waals surface area contributed by atoms with Gasteiger partial charge in [0.1, 0.15) is 5.69 Å². The predicted molar refractivity (Wildman–Crippen MR) is 87.3 cm³/mol. The van der Waals surface area contributed by atoms with Gasteiger partial charge in [-0.15, -0.1) is 5.10 Å². The number of aromatic nitrogens is 5. The van der Waals surface area contributed by atoms with Crippen molar-refractivity contribution in [1.82, 2.24) is 24.5 Å². The lowest BCUT2D eigenvalue weighted by molar-refractivity contribution is 0.884. The van der Waals surface area contributed by atoms with Crippen LogP contribution in [0.5, 0.6) is 0 Å². The summed E-state index contributed by atoms with van der Waals surface area (Å²) in [5, 5.41) is 13.3. The summed E-state index contributed by atoms with van der Waals surface area (Å²) in [6, 6.07) is 11.2. The number of nitrogens with zero attached hydrogens (tertiary/aromatic N) is 6. The van der Waals surface area contributed by atoms with Gasteiger partial charge < -0.3 is 4.85 Å². The molecule has 23 heavy (non-hydrogen) atoms. The van der Waals surface area contributed by atoms with Crippen LogP contribution in [-0.2, 0) is 0 Å². The van der Waals surface area contributed by atoms with Crippen molar-refractivity contribution in [3.63, 3.8) is 0 Å². The van der Waals surface area contributed by atoms with E-state index in [2.05, 4.69) is 20.1 Å². The van der Waals surface area contributed by atoms with Crippen LogP contribution in [0.15, 0.2) is 55.0 Å². The number of hydrogen-bond donors (Lipinski definition) is 0. The molecule has 3 heterocycles. The highest BCUT2D eigenvalue weighted by atomic mass is 35.5. The SMILES string of the molecule is [C-]#[N+]c1cccn1-c1ccc2cnn(-c3cnnc(Cl)c3)c2c1. The fourth-order valence-corrected chi connectivity index (χ4v) is 2.65. The van der Waals surface area contributed by atoms with Gasteiger partial charge in [-0.2, -0.15) is 10.2 Å². The molecule has 0 saturated heterocycles. The molecule has 7 heteroatoms. The Balaban J connectivity index is 1.92. The molecule has 0 saturated carbocycles. The minimum Gasteiger partial charge on any atom is -0.364 e. The smallest absolute Gasteiger partial charge is 0.235 e. The number of fused-ring (bicyclic) bond motifs is 1. The molecule has 0 radical (unpaired) electrons. The summed E-state index contributed by atoms with van der Waals surface area (Å²) in [6.45, 7) is 7.24. The van der Waals surface area contributed by atoms with Gasteiger partial charge >= 0.3 is 0 Å². The molecule has 110 valence electrons. The first-order valence-electron chi connectivity index (χ1n) is 6.78. The molecule has 0 atom stereocenters. The van der Waals surface area contributed by atoms with Crippen molar-refractivity contribution in [3.8, 4) is 11.4 Å². The van der Waals surface area contributed by atoms with Crippen LogP contribution in [0, 0.1) is 6.57 Å². The normalized spacial score (nSPS) is 10.8. The maximum Gasteiger partial charge on any atom is 0.235 e. The van der Waals surface area contributed by atoms with Crippen molar-refractivity contribution in [1.29, 1.82) is 0 Å². The van der Waals surface area contributed by atoms with Gasteiger partial charge in [-0.05, 0) is 24.3 Å². The average molecular weight is 321 g/mol. The van der Waals surface area contributed by atoms with E-state index < -0.39 is 0 Å². The minimum atomic E-state index is 0.308. The second-order valence-corrected chi connectivity index (χ2v) is 5.27. The highest BCUT2D eigenvalue weighted by molar-refractivity contribution is 6.29. The van der Waals surface area contributed by atoms with E-state index in [9.17, 15) is 0 Å². The van der Waals surface area contributed by atoms with Crippen LogP contribution >= 0.6 is 11.6 Å². The first kappa shape index (κ1) is 13.5. The summed E-state index contributed by atoms with van der Waals surface area (Å²) < 4.78 is 3.59. The topological polar surface area (TPSA) is 52.9 Å². The zero-order valence-corrected chi connectivity index (χ0v) is 12.5. The summed E-state index contributed by atoms with van der Waals surface area (Å²) in [4.78, 5) is 3.52. The minimum absolute atomic E-state index is 0.308. The molecule has 0 aliphatic heterocycles. The molecule has 1 aromatic carbocycles. The van der Waals surface area contributed by atoms with E-state index in [-0.39, 0.29) is 0 Å². The van der Waals surface area contributed by atoms with E-state index in [1.54, 1.807) is 29.2 Å². The zero-order chi connectivity index (χ0) is 15.8. The number of rotatable bonds is 2. The van der Waals surface area contributed by atoms with Gasteiger partial charge in [0, 0.05) is 17.5 Å². The molecule has 0 fully saturated rings. The molecular formula is C16H9ClN6. The van der Waals surface area contributed by atoms with Crippen LogP contribution in [0.4, 0.5) is 5.82 Å². The van der Waals surface area contributed by atoms with Crippen molar-refractivity contribution in [2.45, 2.75) is 0 Å². The molecule has 3 aromatic heterocycles. The molecule has 0 aliphatic carbocycles. The van der Waals surface area contributed by atoms with E-state index >= 15 is 0 Å². The van der Waals surface area contributed by atoms with Crippen LogP contribution < -0.4 is 0 Å². The van der Waals surface area contributed by atoms with Crippen LogP contribution in [0.3, 0.4) is 0 Å². The summed E-state index contributed by atoms with van der Waals surface area (Å²) >= 11 is 5.91. The van der Waals surface area contributed by atoms with Gasteiger partial charge in [-0.1, -0.05) is 18.2 Å². The maximum atomic E-state index is 7.24. The van der Waals surface area contributed by atoms with Crippen molar-refractivity contribution in [3.05, 3.63) is 71.6 Å². The Labute approximate surface area is 136 Å². The predicted octanol–water partition coefficient (Wildman–Crippen LogP) is 3.81. The molecule has 0 aliphatic rings. The molecule has 0 N–H and O–H groups in total. The first-order chi connectivity index (χ1) is 11.3. The van der Waals surface area contributed by atoms with Gasteiger partial charge in [-0.3, -0.25) is 4.57 Å². The Morgan fingerprint density at radius 3 is 2.83 bits per heavy atom. The summed E-state index contributed by atoms with van der Waals surface area (Å²) in [7, 11) is 0. The summed E-state index contributed by atoms with van der Waals surface area (Å²) in [6.07, 6.45) is 5.24. The third kappa shape index (κ3) is 2.24. The fraction of sp³-hybridized carbons (Fsp3) is 0. The van der Waals surface area contributed by atoms with E-state index in [1.165, 1.54) is 0 Å². The van der Waals surface area contributed by atoms with Crippen LogP contribution in [-0.4, -0.2) is 24.5 Å².